The minimum absolute atomic E-state index is 0.883. The van der Waals surface area contributed by atoms with E-state index in [2.05, 4.69) is 79.2 Å². The molecule has 0 spiro atoms. The van der Waals surface area contributed by atoms with Crippen molar-refractivity contribution >= 4 is 37.5 Å². The van der Waals surface area contributed by atoms with Gasteiger partial charge in [0.2, 0.25) is 0 Å². The number of nitrogens with zero attached hydrogens (tertiary/aromatic N) is 1. The maximum atomic E-state index is 3.63. The molecule has 2 aromatic rings. The summed E-state index contributed by atoms with van der Waals surface area (Å²) in [7, 11) is 0. The van der Waals surface area contributed by atoms with Crippen LogP contribution in [0.4, 0.5) is 5.69 Å². The number of fused-ring (bicyclic) bond motifs is 1. The fraction of sp³-hybridized carbons (Fsp3) is 0.200. The van der Waals surface area contributed by atoms with Gasteiger partial charge in [-0.15, -0.1) is 0 Å². The molecular weight excluding hydrogens is 354 g/mol. The van der Waals surface area contributed by atoms with Gasteiger partial charge in [0.1, 0.15) is 0 Å². The first-order chi connectivity index (χ1) is 8.78. The first-order valence-corrected chi connectivity index (χ1v) is 7.85. The zero-order chi connectivity index (χ0) is 12.5. The molecule has 1 heterocycles. The molecule has 0 amide bonds. The van der Waals surface area contributed by atoms with Crippen molar-refractivity contribution in [2.45, 2.75) is 18.4 Å². The molecule has 0 saturated carbocycles. The Kier molecular flexibility index (Phi) is 3.44. The summed E-state index contributed by atoms with van der Waals surface area (Å²) >= 11 is 7.13. The van der Waals surface area contributed by atoms with Crippen LogP contribution in [0.5, 0.6) is 0 Å². The van der Waals surface area contributed by atoms with E-state index in [0.717, 1.165) is 18.4 Å². The second kappa shape index (κ2) is 5.06. The topological polar surface area (TPSA) is 3.24 Å². The van der Waals surface area contributed by atoms with Crippen molar-refractivity contribution < 1.29 is 0 Å². The van der Waals surface area contributed by atoms with E-state index < -0.39 is 0 Å². The van der Waals surface area contributed by atoms with Gasteiger partial charge in [0.15, 0.2) is 0 Å². The number of hydrogen-bond donors (Lipinski definition) is 0. The van der Waals surface area contributed by atoms with Gasteiger partial charge in [-0.2, -0.15) is 0 Å². The van der Waals surface area contributed by atoms with E-state index in [9.17, 15) is 0 Å². The average Bonchev–Trinajstić information content (AvgIpc) is 2.82. The highest BCUT2D eigenvalue weighted by atomic mass is 79.9. The van der Waals surface area contributed by atoms with Gasteiger partial charge >= 0.3 is 0 Å². The van der Waals surface area contributed by atoms with Gasteiger partial charge < -0.3 is 4.90 Å². The number of hydrogen-bond acceptors (Lipinski definition) is 1. The predicted molar refractivity (Wildman–Crippen MR) is 83.1 cm³/mol. The smallest absolute Gasteiger partial charge is 0.0436 e. The lowest BCUT2D eigenvalue weighted by Crippen LogP contribution is -2.14. The van der Waals surface area contributed by atoms with Crippen molar-refractivity contribution in [1.29, 1.82) is 0 Å². The third-order valence-corrected chi connectivity index (χ3v) is 4.73. The number of rotatable bonds is 2. The lowest BCUT2D eigenvalue weighted by molar-refractivity contribution is 0.879. The highest BCUT2D eigenvalue weighted by Gasteiger charge is 2.18. The summed E-state index contributed by atoms with van der Waals surface area (Å²) in [6.45, 7) is 2.02. The van der Waals surface area contributed by atoms with E-state index >= 15 is 0 Å². The normalized spacial score (nSPS) is 13.8. The zero-order valence-electron chi connectivity index (χ0n) is 9.87. The second-order valence-corrected chi connectivity index (χ2v) is 5.95. The summed E-state index contributed by atoms with van der Waals surface area (Å²) in [5.74, 6) is 0. The van der Waals surface area contributed by atoms with Crippen LogP contribution in [0, 0.1) is 0 Å². The molecule has 0 radical (unpaired) electrons. The highest BCUT2D eigenvalue weighted by molar-refractivity contribution is 9.10. The van der Waals surface area contributed by atoms with E-state index in [0.29, 0.717) is 0 Å². The summed E-state index contributed by atoms with van der Waals surface area (Å²) in [4.78, 5) is 2.41. The fourth-order valence-corrected chi connectivity index (χ4v) is 3.73. The Hall–Kier alpha value is -0.800. The molecule has 0 fully saturated rings. The molecule has 1 aliphatic rings. The number of anilines is 1. The van der Waals surface area contributed by atoms with Crippen LogP contribution in [0.1, 0.15) is 16.7 Å². The molecule has 18 heavy (non-hydrogen) atoms. The van der Waals surface area contributed by atoms with Crippen LogP contribution >= 0.6 is 31.9 Å². The van der Waals surface area contributed by atoms with Gasteiger partial charge in [0.25, 0.3) is 0 Å². The van der Waals surface area contributed by atoms with E-state index in [-0.39, 0.29) is 0 Å². The first kappa shape index (κ1) is 12.2. The summed E-state index contributed by atoms with van der Waals surface area (Å²) in [5, 5.41) is 0.883. The molecule has 1 aliphatic heterocycles. The molecule has 0 atom stereocenters. The van der Waals surface area contributed by atoms with Crippen LogP contribution in [0.2, 0.25) is 0 Å². The van der Waals surface area contributed by atoms with Gasteiger partial charge in [-0.1, -0.05) is 62.2 Å². The summed E-state index contributed by atoms with van der Waals surface area (Å²) in [6, 6.07) is 15.3. The summed E-state index contributed by atoms with van der Waals surface area (Å²) in [6.07, 6.45) is 0. The number of benzene rings is 2. The van der Waals surface area contributed by atoms with E-state index in [1.165, 1.54) is 26.9 Å². The lowest BCUT2D eigenvalue weighted by Gasteiger charge is -2.18. The molecule has 92 valence electrons. The molecule has 2 aromatic carbocycles. The third-order valence-electron chi connectivity index (χ3n) is 3.39. The maximum Gasteiger partial charge on any atom is 0.0436 e. The number of alkyl halides is 1. The first-order valence-electron chi connectivity index (χ1n) is 5.94. The summed E-state index contributed by atoms with van der Waals surface area (Å²) < 4.78 is 1.17. The van der Waals surface area contributed by atoms with Crippen LogP contribution in [-0.2, 0) is 18.4 Å². The van der Waals surface area contributed by atoms with Crippen molar-refractivity contribution in [2.75, 3.05) is 4.90 Å². The molecule has 0 saturated heterocycles. The van der Waals surface area contributed by atoms with E-state index in [4.69, 9.17) is 0 Å². The van der Waals surface area contributed by atoms with Crippen molar-refractivity contribution in [3.8, 4) is 0 Å². The Morgan fingerprint density at radius 3 is 2.22 bits per heavy atom. The second-order valence-electron chi connectivity index (χ2n) is 4.53. The van der Waals surface area contributed by atoms with Crippen molar-refractivity contribution in [3.05, 3.63) is 63.6 Å². The van der Waals surface area contributed by atoms with Gasteiger partial charge in [-0.05, 0) is 28.8 Å². The Balaban J connectivity index is 1.88. The van der Waals surface area contributed by atoms with Crippen LogP contribution in [-0.4, -0.2) is 0 Å². The molecule has 0 aliphatic carbocycles. The minimum atomic E-state index is 0.883. The van der Waals surface area contributed by atoms with Crippen molar-refractivity contribution in [1.82, 2.24) is 0 Å². The largest absolute Gasteiger partial charge is 0.363 e. The standard InChI is InChI=1S/C15H13Br2N/c16-8-11-5-6-14(7-15(11)17)18-9-12-3-1-2-4-13(12)10-18/h1-7H,8-10H2. The molecule has 0 unspecified atom stereocenters. The monoisotopic (exact) mass is 365 g/mol. The van der Waals surface area contributed by atoms with Gasteiger partial charge in [-0.3, -0.25) is 0 Å². The van der Waals surface area contributed by atoms with E-state index in [1.807, 2.05) is 0 Å². The Morgan fingerprint density at radius 2 is 1.67 bits per heavy atom. The Bertz CT molecular complexity index is 555. The quantitative estimate of drug-likeness (QED) is 0.685. The molecule has 0 N–H and O–H groups in total. The molecule has 1 nitrogen and oxygen atoms in total. The van der Waals surface area contributed by atoms with Crippen LogP contribution < -0.4 is 4.90 Å². The lowest BCUT2D eigenvalue weighted by atomic mass is 10.1. The Labute approximate surface area is 124 Å². The number of halogens is 2. The average molecular weight is 367 g/mol. The van der Waals surface area contributed by atoms with Crippen molar-refractivity contribution in [2.24, 2.45) is 0 Å². The maximum absolute atomic E-state index is 3.63. The van der Waals surface area contributed by atoms with E-state index in [1.54, 1.807) is 0 Å². The molecule has 0 bridgehead atoms. The summed E-state index contributed by atoms with van der Waals surface area (Å²) in [5.41, 5.74) is 5.45. The molecule has 3 heteroatoms. The van der Waals surface area contributed by atoms with Crippen LogP contribution in [0.25, 0.3) is 0 Å². The Morgan fingerprint density at radius 1 is 1.00 bits per heavy atom. The molecule has 3 rings (SSSR count). The van der Waals surface area contributed by atoms with Crippen molar-refractivity contribution in [3.63, 3.8) is 0 Å². The predicted octanol–water partition coefficient (Wildman–Crippen LogP) is 4.86. The SMILES string of the molecule is BrCc1ccc(N2Cc3ccccc3C2)cc1Br. The van der Waals surface area contributed by atoms with Gasteiger partial charge in [0.05, 0.1) is 0 Å². The minimum Gasteiger partial charge on any atom is -0.363 e. The molecule has 0 aromatic heterocycles. The van der Waals surface area contributed by atoms with Crippen LogP contribution in [0.15, 0.2) is 46.9 Å². The van der Waals surface area contributed by atoms with Crippen LogP contribution in [0.3, 0.4) is 0 Å². The third kappa shape index (κ3) is 2.21. The molecular formula is C15H13Br2N. The highest BCUT2D eigenvalue weighted by Crippen LogP contribution is 2.31. The van der Waals surface area contributed by atoms with Gasteiger partial charge in [-0.25, -0.2) is 0 Å². The van der Waals surface area contributed by atoms with Gasteiger partial charge in [0, 0.05) is 28.6 Å². The fourth-order valence-electron chi connectivity index (χ4n) is 2.36. The zero-order valence-corrected chi connectivity index (χ0v) is 13.0.